The SMILES string of the molecule is C/C=C/C(=O)OC.O=CCl. The summed E-state index contributed by atoms with van der Waals surface area (Å²) in [6, 6.07) is 0. The normalized spacial score (nSPS) is 7.90. The minimum Gasteiger partial charge on any atom is -0.466 e. The fourth-order valence-corrected chi connectivity index (χ4v) is 0.204. The van der Waals surface area contributed by atoms with Crippen molar-refractivity contribution in [2.45, 2.75) is 6.92 Å². The zero-order chi connectivity index (χ0) is 8.41. The van der Waals surface area contributed by atoms with Crippen LogP contribution in [-0.4, -0.2) is 18.8 Å². The molecule has 4 heteroatoms. The van der Waals surface area contributed by atoms with Crippen LogP contribution in [-0.2, 0) is 14.3 Å². The lowest BCUT2D eigenvalue weighted by Crippen LogP contribution is -1.92. The highest BCUT2D eigenvalue weighted by Crippen LogP contribution is 1.73. The first kappa shape index (κ1) is 11.9. The quantitative estimate of drug-likeness (QED) is 0.253. The molecule has 0 aromatic heterocycles. The van der Waals surface area contributed by atoms with Gasteiger partial charge in [-0.25, -0.2) is 4.79 Å². The van der Waals surface area contributed by atoms with Gasteiger partial charge in [0.1, 0.15) is 0 Å². The van der Waals surface area contributed by atoms with Gasteiger partial charge in [0, 0.05) is 6.08 Å². The van der Waals surface area contributed by atoms with Gasteiger partial charge < -0.3 is 4.74 Å². The standard InChI is InChI=1S/C5H8O2.CHClO/c1-3-4-5(6)7-2;2-1-3/h3-4H,1-2H3;1H/b4-3+;. The second-order valence-electron chi connectivity index (χ2n) is 1.11. The van der Waals surface area contributed by atoms with Gasteiger partial charge in [0.25, 0.3) is 0 Å². The van der Waals surface area contributed by atoms with Gasteiger partial charge in [-0.15, -0.1) is 0 Å². The Balaban J connectivity index is 0. The van der Waals surface area contributed by atoms with Crippen LogP contribution in [0.1, 0.15) is 6.92 Å². The van der Waals surface area contributed by atoms with Gasteiger partial charge >= 0.3 is 5.97 Å². The molecule has 10 heavy (non-hydrogen) atoms. The lowest BCUT2D eigenvalue weighted by Gasteiger charge is -1.84. The minimum absolute atomic E-state index is 0.222. The Labute approximate surface area is 64.6 Å². The van der Waals surface area contributed by atoms with E-state index in [1.165, 1.54) is 13.2 Å². The van der Waals surface area contributed by atoms with E-state index in [1.54, 1.807) is 13.0 Å². The molecule has 0 bridgehead atoms. The molecule has 0 saturated heterocycles. The summed E-state index contributed by atoms with van der Waals surface area (Å²) in [6.45, 7) is 1.76. The first-order valence-corrected chi connectivity index (χ1v) is 2.91. The van der Waals surface area contributed by atoms with Crippen LogP contribution in [0.4, 0.5) is 0 Å². The molecule has 0 aromatic rings. The maximum absolute atomic E-state index is 10.1. The number of ether oxygens (including phenoxy) is 1. The molecule has 0 amide bonds. The second kappa shape index (κ2) is 11.0. The van der Waals surface area contributed by atoms with Crippen LogP contribution in [0, 0.1) is 0 Å². The van der Waals surface area contributed by atoms with Gasteiger partial charge in [0.05, 0.1) is 7.11 Å². The Hall–Kier alpha value is -0.830. The summed E-state index contributed by atoms with van der Waals surface area (Å²) in [5, 5.41) is 0. The average molecular weight is 165 g/mol. The van der Waals surface area contributed by atoms with Gasteiger partial charge in [-0.3, -0.25) is 4.79 Å². The summed E-state index contributed by atoms with van der Waals surface area (Å²) in [4.78, 5) is 18.7. The largest absolute Gasteiger partial charge is 0.466 e. The molecule has 0 fully saturated rings. The molecule has 0 radical (unpaired) electrons. The molecule has 0 atom stereocenters. The van der Waals surface area contributed by atoms with E-state index in [4.69, 9.17) is 4.79 Å². The highest BCUT2D eigenvalue weighted by atomic mass is 35.5. The predicted octanol–water partition coefficient (Wildman–Crippen LogP) is 1.15. The van der Waals surface area contributed by atoms with Crippen LogP contribution in [0.25, 0.3) is 0 Å². The third kappa shape index (κ3) is 15.7. The Morgan fingerprint density at radius 1 is 1.60 bits per heavy atom. The van der Waals surface area contributed by atoms with E-state index in [2.05, 4.69) is 16.3 Å². The Morgan fingerprint density at radius 3 is 2.10 bits per heavy atom. The Kier molecular flexibility index (Phi) is 13.1. The van der Waals surface area contributed by atoms with Gasteiger partial charge in [-0.1, -0.05) is 6.08 Å². The lowest BCUT2D eigenvalue weighted by atomic mass is 10.5. The molecule has 3 nitrogen and oxygen atoms in total. The van der Waals surface area contributed by atoms with Crippen LogP contribution in [0.5, 0.6) is 0 Å². The monoisotopic (exact) mass is 164 g/mol. The van der Waals surface area contributed by atoms with E-state index in [1.807, 2.05) is 0 Å². The van der Waals surface area contributed by atoms with Gasteiger partial charge in [-0.05, 0) is 18.5 Å². The third-order valence-corrected chi connectivity index (χ3v) is 0.504. The molecule has 0 saturated carbocycles. The van der Waals surface area contributed by atoms with Gasteiger partial charge in [0.15, 0.2) is 0 Å². The van der Waals surface area contributed by atoms with Gasteiger partial charge in [-0.2, -0.15) is 0 Å². The van der Waals surface area contributed by atoms with E-state index in [9.17, 15) is 4.79 Å². The Morgan fingerprint density at radius 2 is 2.00 bits per heavy atom. The first-order chi connectivity index (χ1) is 4.72. The fraction of sp³-hybridized carbons (Fsp3) is 0.333. The molecule has 0 aliphatic heterocycles. The number of esters is 1. The summed E-state index contributed by atoms with van der Waals surface area (Å²) >= 11 is 4.32. The number of hydrogen-bond donors (Lipinski definition) is 0. The number of allylic oxidation sites excluding steroid dienone is 1. The van der Waals surface area contributed by atoms with Crippen molar-refractivity contribution >= 4 is 23.3 Å². The maximum atomic E-state index is 10.1. The third-order valence-electron chi connectivity index (χ3n) is 0.504. The summed E-state index contributed by atoms with van der Waals surface area (Å²) in [7, 11) is 1.35. The summed E-state index contributed by atoms with van der Waals surface area (Å²) < 4.78 is 4.26. The summed E-state index contributed by atoms with van der Waals surface area (Å²) in [6.07, 6.45) is 2.99. The molecule has 0 heterocycles. The number of carbonyl (C=O) groups excluding carboxylic acids is 2. The highest BCUT2D eigenvalue weighted by Gasteiger charge is 1.84. The molecular weight excluding hydrogens is 156 g/mol. The molecule has 0 unspecified atom stereocenters. The van der Waals surface area contributed by atoms with E-state index in [-0.39, 0.29) is 11.7 Å². The molecule has 0 N–H and O–H groups in total. The molecule has 0 rings (SSSR count). The lowest BCUT2D eigenvalue weighted by molar-refractivity contribution is -0.134. The number of carbonyl (C=O) groups is 2. The molecule has 0 aliphatic rings. The van der Waals surface area contributed by atoms with Crippen molar-refractivity contribution in [1.29, 1.82) is 0 Å². The average Bonchev–Trinajstić information content (AvgIpc) is 1.90. The summed E-state index contributed by atoms with van der Waals surface area (Å²) in [5.74, 6) is -0.0810. The van der Waals surface area contributed by atoms with E-state index < -0.39 is 0 Å². The number of rotatable bonds is 1. The van der Waals surface area contributed by atoms with Crippen molar-refractivity contribution in [3.8, 4) is 0 Å². The van der Waals surface area contributed by atoms with Crippen molar-refractivity contribution in [2.75, 3.05) is 7.11 Å². The molecule has 0 aliphatic carbocycles. The van der Waals surface area contributed by atoms with Crippen LogP contribution >= 0.6 is 11.6 Å². The highest BCUT2D eigenvalue weighted by molar-refractivity contribution is 6.54. The van der Waals surface area contributed by atoms with Crippen molar-refractivity contribution in [2.24, 2.45) is 0 Å². The van der Waals surface area contributed by atoms with Gasteiger partial charge in [0.2, 0.25) is 5.75 Å². The number of hydrogen-bond acceptors (Lipinski definition) is 3. The molecular formula is C6H9ClO3. The summed E-state index contributed by atoms with van der Waals surface area (Å²) in [5.41, 5.74) is 0. The van der Waals surface area contributed by atoms with E-state index in [0.29, 0.717) is 0 Å². The number of methoxy groups -OCH3 is 1. The van der Waals surface area contributed by atoms with Crippen LogP contribution in [0.15, 0.2) is 12.2 Å². The number of halogens is 1. The van der Waals surface area contributed by atoms with Crippen molar-refractivity contribution in [3.05, 3.63) is 12.2 Å². The van der Waals surface area contributed by atoms with Crippen LogP contribution in [0.3, 0.4) is 0 Å². The Bertz CT molecular complexity index is 120. The fourth-order valence-electron chi connectivity index (χ4n) is 0.204. The van der Waals surface area contributed by atoms with E-state index >= 15 is 0 Å². The zero-order valence-corrected chi connectivity index (χ0v) is 6.59. The molecule has 0 aromatic carbocycles. The smallest absolute Gasteiger partial charge is 0.330 e. The maximum Gasteiger partial charge on any atom is 0.330 e. The van der Waals surface area contributed by atoms with Crippen molar-refractivity contribution in [1.82, 2.24) is 0 Å². The second-order valence-corrected chi connectivity index (χ2v) is 1.29. The topological polar surface area (TPSA) is 43.4 Å². The first-order valence-electron chi connectivity index (χ1n) is 2.47. The van der Waals surface area contributed by atoms with Crippen molar-refractivity contribution in [3.63, 3.8) is 0 Å². The molecule has 0 spiro atoms. The molecule has 58 valence electrons. The van der Waals surface area contributed by atoms with Crippen LogP contribution in [0.2, 0.25) is 0 Å². The van der Waals surface area contributed by atoms with Crippen LogP contribution < -0.4 is 0 Å². The van der Waals surface area contributed by atoms with Crippen molar-refractivity contribution < 1.29 is 14.3 Å². The van der Waals surface area contributed by atoms with E-state index in [0.717, 1.165) is 0 Å². The predicted molar refractivity (Wildman–Crippen MR) is 39.4 cm³/mol. The zero-order valence-electron chi connectivity index (χ0n) is 5.83. The minimum atomic E-state index is -0.303.